The van der Waals surface area contributed by atoms with Crippen molar-refractivity contribution in [2.24, 2.45) is 0 Å². The molecular weight excluding hydrogens is 414 g/mol. The lowest BCUT2D eigenvalue weighted by molar-refractivity contribution is 0.307. The van der Waals surface area contributed by atoms with Gasteiger partial charge in [0.1, 0.15) is 12.4 Å². The summed E-state index contributed by atoms with van der Waals surface area (Å²) in [6.45, 7) is 8.46. The molecule has 2 aromatic carbocycles. The molecule has 0 aliphatic carbocycles. The van der Waals surface area contributed by atoms with E-state index in [1.807, 2.05) is 51.1 Å². The number of aromatic nitrogens is 2. The number of hydrogen-bond acceptors (Lipinski definition) is 6. The van der Waals surface area contributed by atoms with Gasteiger partial charge in [-0.25, -0.2) is 13.1 Å². The summed E-state index contributed by atoms with van der Waals surface area (Å²) >= 11 is 0. The monoisotopic (exact) mass is 441 g/mol. The van der Waals surface area contributed by atoms with Crippen LogP contribution in [0.5, 0.6) is 11.6 Å². The van der Waals surface area contributed by atoms with Gasteiger partial charge in [-0.3, -0.25) is 0 Å². The van der Waals surface area contributed by atoms with Crippen LogP contribution in [0, 0.1) is 20.8 Å². The molecule has 0 bridgehead atoms. The minimum Gasteiger partial charge on any atom is -0.494 e. The first-order valence-electron chi connectivity index (χ1n) is 10.1. The van der Waals surface area contributed by atoms with E-state index in [2.05, 4.69) is 14.9 Å². The molecule has 3 rings (SSSR count). The van der Waals surface area contributed by atoms with Crippen molar-refractivity contribution in [2.75, 3.05) is 19.8 Å². The molecule has 0 radical (unpaired) electrons. The highest BCUT2D eigenvalue weighted by atomic mass is 32.2. The molecule has 0 amide bonds. The fraction of sp³-hybridized carbons (Fsp3) is 0.304. The van der Waals surface area contributed by atoms with E-state index in [0.29, 0.717) is 23.7 Å². The van der Waals surface area contributed by atoms with Gasteiger partial charge in [0, 0.05) is 18.2 Å². The molecule has 0 fully saturated rings. The third kappa shape index (κ3) is 5.80. The van der Waals surface area contributed by atoms with Crippen LogP contribution in [0.3, 0.4) is 0 Å². The molecule has 0 saturated heterocycles. The Kier molecular flexibility index (Phi) is 7.25. The van der Waals surface area contributed by atoms with Crippen molar-refractivity contribution < 1.29 is 17.9 Å². The predicted molar refractivity (Wildman–Crippen MR) is 120 cm³/mol. The van der Waals surface area contributed by atoms with Crippen molar-refractivity contribution in [3.63, 3.8) is 0 Å². The Hall–Kier alpha value is -2.97. The van der Waals surface area contributed by atoms with Gasteiger partial charge in [0.05, 0.1) is 17.2 Å². The van der Waals surface area contributed by atoms with Crippen molar-refractivity contribution in [3.05, 3.63) is 65.2 Å². The highest BCUT2D eigenvalue weighted by Gasteiger charge is 2.17. The molecule has 0 unspecified atom stereocenters. The first-order valence-corrected chi connectivity index (χ1v) is 11.6. The molecule has 3 aromatic rings. The molecule has 0 atom stereocenters. The number of sulfonamides is 1. The van der Waals surface area contributed by atoms with Crippen molar-refractivity contribution in [1.82, 2.24) is 14.9 Å². The Morgan fingerprint density at radius 3 is 2.23 bits per heavy atom. The minimum absolute atomic E-state index is 0.122. The van der Waals surface area contributed by atoms with Gasteiger partial charge < -0.3 is 9.47 Å². The lowest BCUT2D eigenvalue weighted by atomic mass is 10.1. The van der Waals surface area contributed by atoms with E-state index < -0.39 is 10.0 Å². The zero-order valence-electron chi connectivity index (χ0n) is 18.2. The number of aryl methyl sites for hydroxylation is 3. The van der Waals surface area contributed by atoms with Crippen LogP contribution >= 0.6 is 0 Å². The van der Waals surface area contributed by atoms with Crippen LogP contribution in [0.4, 0.5) is 0 Å². The van der Waals surface area contributed by atoms with E-state index in [1.54, 1.807) is 25.1 Å². The molecule has 0 spiro atoms. The zero-order chi connectivity index (χ0) is 22.4. The molecular formula is C23H27N3O4S. The fourth-order valence-corrected chi connectivity index (χ4v) is 4.39. The normalized spacial score (nSPS) is 11.4. The maximum Gasteiger partial charge on any atom is 0.240 e. The molecule has 1 heterocycles. The van der Waals surface area contributed by atoms with Gasteiger partial charge >= 0.3 is 0 Å². The first kappa shape index (κ1) is 22.7. The maximum atomic E-state index is 12.6. The number of benzene rings is 2. The van der Waals surface area contributed by atoms with Crippen molar-refractivity contribution in [2.45, 2.75) is 32.6 Å². The van der Waals surface area contributed by atoms with E-state index in [9.17, 15) is 8.42 Å². The number of nitrogens with one attached hydrogen (secondary N) is 1. The largest absolute Gasteiger partial charge is 0.494 e. The van der Waals surface area contributed by atoms with Crippen LogP contribution in [0.1, 0.15) is 23.6 Å². The molecule has 1 aromatic heterocycles. The maximum absolute atomic E-state index is 12.6. The Morgan fingerprint density at radius 2 is 1.58 bits per heavy atom. The first-order chi connectivity index (χ1) is 14.8. The van der Waals surface area contributed by atoms with E-state index in [0.717, 1.165) is 22.4 Å². The highest BCUT2D eigenvalue weighted by Crippen LogP contribution is 2.22. The number of hydrogen-bond donors (Lipinski definition) is 1. The molecule has 31 heavy (non-hydrogen) atoms. The molecule has 7 nitrogen and oxygen atoms in total. The van der Waals surface area contributed by atoms with Crippen molar-refractivity contribution in [3.8, 4) is 22.9 Å². The second kappa shape index (κ2) is 9.89. The van der Waals surface area contributed by atoms with Crippen LogP contribution in [0.25, 0.3) is 11.3 Å². The standard InChI is InChI=1S/C23H27N3O4S/c1-5-29-20-8-6-19(7-9-20)21-10-11-23(26-25-21)30-13-12-24-31(27,28)22-15-17(3)16(2)14-18(22)4/h6-11,14-15,24H,5,12-13H2,1-4H3. The Balaban J connectivity index is 1.54. The SMILES string of the molecule is CCOc1ccc(-c2ccc(OCCNS(=O)(=O)c3cc(C)c(C)cc3C)nn2)cc1. The van der Waals surface area contributed by atoms with Gasteiger partial charge in [0.15, 0.2) is 0 Å². The zero-order valence-corrected chi connectivity index (χ0v) is 19.0. The third-order valence-corrected chi connectivity index (χ3v) is 6.43. The average molecular weight is 442 g/mol. The smallest absolute Gasteiger partial charge is 0.240 e. The van der Waals surface area contributed by atoms with Gasteiger partial charge in [-0.2, -0.15) is 0 Å². The van der Waals surface area contributed by atoms with Crippen LogP contribution in [-0.2, 0) is 10.0 Å². The van der Waals surface area contributed by atoms with E-state index >= 15 is 0 Å². The lowest BCUT2D eigenvalue weighted by Crippen LogP contribution is -2.29. The van der Waals surface area contributed by atoms with E-state index in [1.165, 1.54) is 0 Å². The summed E-state index contributed by atoms with van der Waals surface area (Å²) in [6, 6.07) is 14.7. The highest BCUT2D eigenvalue weighted by molar-refractivity contribution is 7.89. The summed E-state index contributed by atoms with van der Waals surface area (Å²) < 4.78 is 38.7. The average Bonchev–Trinajstić information content (AvgIpc) is 2.75. The molecule has 0 saturated carbocycles. The molecule has 164 valence electrons. The summed E-state index contributed by atoms with van der Waals surface area (Å²) in [5.41, 5.74) is 4.34. The van der Waals surface area contributed by atoms with Crippen LogP contribution in [0.15, 0.2) is 53.4 Å². The van der Waals surface area contributed by atoms with Gasteiger partial charge in [0.2, 0.25) is 15.9 Å². The Labute approximate surface area is 183 Å². The molecule has 8 heteroatoms. The lowest BCUT2D eigenvalue weighted by Gasteiger charge is -2.12. The van der Waals surface area contributed by atoms with Gasteiger partial charge in [-0.15, -0.1) is 10.2 Å². The molecule has 0 aliphatic rings. The van der Waals surface area contributed by atoms with Crippen LogP contribution in [-0.4, -0.2) is 38.4 Å². The minimum atomic E-state index is -3.61. The van der Waals surface area contributed by atoms with Crippen LogP contribution < -0.4 is 14.2 Å². The second-order valence-electron chi connectivity index (χ2n) is 7.16. The van der Waals surface area contributed by atoms with Crippen molar-refractivity contribution >= 4 is 10.0 Å². The topological polar surface area (TPSA) is 90.4 Å². The summed E-state index contributed by atoms with van der Waals surface area (Å²) in [7, 11) is -3.61. The summed E-state index contributed by atoms with van der Waals surface area (Å²) in [5.74, 6) is 1.13. The van der Waals surface area contributed by atoms with Crippen LogP contribution in [0.2, 0.25) is 0 Å². The van der Waals surface area contributed by atoms with E-state index in [-0.39, 0.29) is 18.0 Å². The summed E-state index contributed by atoms with van der Waals surface area (Å²) in [6.07, 6.45) is 0. The summed E-state index contributed by atoms with van der Waals surface area (Å²) in [5, 5.41) is 8.24. The quantitative estimate of drug-likeness (QED) is 0.508. The molecule has 1 N–H and O–H groups in total. The van der Waals surface area contributed by atoms with Gasteiger partial charge in [-0.1, -0.05) is 6.07 Å². The third-order valence-electron chi connectivity index (χ3n) is 4.83. The fourth-order valence-electron chi connectivity index (χ4n) is 3.07. The second-order valence-corrected chi connectivity index (χ2v) is 8.90. The number of nitrogens with zero attached hydrogens (tertiary/aromatic N) is 2. The van der Waals surface area contributed by atoms with Crippen molar-refractivity contribution in [1.29, 1.82) is 0 Å². The Morgan fingerprint density at radius 1 is 0.871 bits per heavy atom. The van der Waals surface area contributed by atoms with Gasteiger partial charge in [-0.05, 0) is 80.8 Å². The van der Waals surface area contributed by atoms with Gasteiger partial charge in [0.25, 0.3) is 0 Å². The summed E-state index contributed by atoms with van der Waals surface area (Å²) in [4.78, 5) is 0.287. The van der Waals surface area contributed by atoms with E-state index in [4.69, 9.17) is 9.47 Å². The molecule has 0 aliphatic heterocycles. The number of ether oxygens (including phenoxy) is 2. The Bertz CT molecular complexity index is 1130. The number of rotatable bonds is 9. The predicted octanol–water partition coefficient (Wildman–Crippen LogP) is 3.82.